The van der Waals surface area contributed by atoms with Crippen molar-refractivity contribution in [3.05, 3.63) is 34.9 Å². The minimum absolute atomic E-state index is 0.0382. The third kappa shape index (κ3) is 2.45. The molecule has 86 valence electrons. The number of halogens is 1. The highest BCUT2D eigenvalue weighted by Gasteiger charge is 2.30. The Kier molecular flexibility index (Phi) is 3.62. The number of hydrogen-bond donors (Lipinski definition) is 0. The SMILES string of the molecule is CC1OCCC1C(=O)Cc1ccccc1Cl. The molecule has 0 amide bonds. The van der Waals surface area contributed by atoms with Crippen molar-refractivity contribution in [3.63, 3.8) is 0 Å². The standard InChI is InChI=1S/C13H15ClO2/c1-9-11(6-7-16-9)13(15)8-10-4-2-3-5-12(10)14/h2-5,9,11H,6-8H2,1H3. The Hall–Kier alpha value is -0.860. The molecule has 0 spiro atoms. The molecule has 2 atom stereocenters. The molecule has 0 bridgehead atoms. The summed E-state index contributed by atoms with van der Waals surface area (Å²) in [5.74, 6) is 0.273. The zero-order valence-electron chi connectivity index (χ0n) is 9.28. The van der Waals surface area contributed by atoms with Gasteiger partial charge in [0.25, 0.3) is 0 Å². The maximum atomic E-state index is 12.0. The maximum Gasteiger partial charge on any atom is 0.143 e. The van der Waals surface area contributed by atoms with Gasteiger partial charge in [0.2, 0.25) is 0 Å². The fourth-order valence-electron chi connectivity index (χ4n) is 2.12. The Morgan fingerprint density at radius 1 is 1.50 bits per heavy atom. The molecule has 1 saturated heterocycles. The number of rotatable bonds is 3. The summed E-state index contributed by atoms with van der Waals surface area (Å²) in [7, 11) is 0. The minimum atomic E-state index is 0.0382. The quantitative estimate of drug-likeness (QED) is 0.810. The van der Waals surface area contributed by atoms with Crippen LogP contribution in [-0.4, -0.2) is 18.5 Å². The summed E-state index contributed by atoms with van der Waals surface area (Å²) in [5, 5.41) is 0.669. The number of hydrogen-bond acceptors (Lipinski definition) is 2. The average Bonchev–Trinajstić information content (AvgIpc) is 2.68. The van der Waals surface area contributed by atoms with Crippen molar-refractivity contribution in [2.24, 2.45) is 5.92 Å². The molecule has 16 heavy (non-hydrogen) atoms. The van der Waals surface area contributed by atoms with Gasteiger partial charge in [-0.3, -0.25) is 4.79 Å². The molecule has 3 heteroatoms. The molecule has 1 heterocycles. The van der Waals surface area contributed by atoms with E-state index in [4.69, 9.17) is 16.3 Å². The third-order valence-electron chi connectivity index (χ3n) is 3.11. The zero-order chi connectivity index (χ0) is 11.5. The van der Waals surface area contributed by atoms with Crippen LogP contribution in [0.15, 0.2) is 24.3 Å². The first-order chi connectivity index (χ1) is 7.68. The largest absolute Gasteiger partial charge is 0.378 e. The van der Waals surface area contributed by atoms with Crippen molar-refractivity contribution >= 4 is 17.4 Å². The van der Waals surface area contributed by atoms with Crippen LogP contribution >= 0.6 is 11.6 Å². The number of benzene rings is 1. The van der Waals surface area contributed by atoms with Crippen molar-refractivity contribution in [2.45, 2.75) is 25.9 Å². The first-order valence-electron chi connectivity index (χ1n) is 5.56. The van der Waals surface area contributed by atoms with Crippen molar-refractivity contribution in [1.29, 1.82) is 0 Å². The first-order valence-corrected chi connectivity index (χ1v) is 5.94. The molecule has 1 fully saturated rings. The Morgan fingerprint density at radius 3 is 2.88 bits per heavy atom. The lowest BCUT2D eigenvalue weighted by atomic mass is 9.93. The molecule has 1 aliphatic heterocycles. The van der Waals surface area contributed by atoms with Crippen LogP contribution in [-0.2, 0) is 16.0 Å². The number of carbonyl (C=O) groups excluding carboxylic acids is 1. The molecule has 2 nitrogen and oxygen atoms in total. The smallest absolute Gasteiger partial charge is 0.143 e. The Morgan fingerprint density at radius 2 is 2.25 bits per heavy atom. The number of Topliss-reactive ketones (excluding diaryl/α,β-unsaturated/α-hetero) is 1. The van der Waals surface area contributed by atoms with Gasteiger partial charge in [-0.25, -0.2) is 0 Å². The van der Waals surface area contributed by atoms with Crippen LogP contribution in [0.2, 0.25) is 5.02 Å². The topological polar surface area (TPSA) is 26.3 Å². The Balaban J connectivity index is 2.05. The monoisotopic (exact) mass is 238 g/mol. The van der Waals surface area contributed by atoms with Crippen molar-refractivity contribution in [1.82, 2.24) is 0 Å². The highest BCUT2D eigenvalue weighted by atomic mass is 35.5. The summed E-state index contributed by atoms with van der Waals surface area (Å²) in [4.78, 5) is 12.0. The highest BCUT2D eigenvalue weighted by molar-refractivity contribution is 6.31. The molecule has 0 aromatic heterocycles. The lowest BCUT2D eigenvalue weighted by Gasteiger charge is -2.13. The van der Waals surface area contributed by atoms with Gasteiger partial charge in [-0.05, 0) is 25.0 Å². The van der Waals surface area contributed by atoms with Crippen LogP contribution in [0.25, 0.3) is 0 Å². The van der Waals surface area contributed by atoms with Crippen LogP contribution < -0.4 is 0 Å². The normalized spacial score (nSPS) is 24.6. The van der Waals surface area contributed by atoms with Gasteiger partial charge < -0.3 is 4.74 Å². The van der Waals surface area contributed by atoms with Crippen LogP contribution in [0.4, 0.5) is 0 Å². The molecule has 1 aromatic carbocycles. The Labute approximate surface area is 101 Å². The van der Waals surface area contributed by atoms with E-state index >= 15 is 0 Å². The van der Waals surface area contributed by atoms with E-state index in [1.807, 2.05) is 31.2 Å². The van der Waals surface area contributed by atoms with Crippen LogP contribution in [0.3, 0.4) is 0 Å². The van der Waals surface area contributed by atoms with Gasteiger partial charge >= 0.3 is 0 Å². The van der Waals surface area contributed by atoms with E-state index in [1.165, 1.54) is 0 Å². The molecule has 2 unspecified atom stereocenters. The van der Waals surface area contributed by atoms with Gasteiger partial charge in [-0.2, -0.15) is 0 Å². The van der Waals surface area contributed by atoms with E-state index in [0.29, 0.717) is 18.1 Å². The van der Waals surface area contributed by atoms with Gasteiger partial charge in [0.05, 0.1) is 6.10 Å². The van der Waals surface area contributed by atoms with Crippen LogP contribution in [0.1, 0.15) is 18.9 Å². The molecule has 0 saturated carbocycles. The van der Waals surface area contributed by atoms with Crippen molar-refractivity contribution in [3.8, 4) is 0 Å². The minimum Gasteiger partial charge on any atom is -0.378 e. The lowest BCUT2D eigenvalue weighted by Crippen LogP contribution is -2.23. The fraction of sp³-hybridized carbons (Fsp3) is 0.462. The van der Waals surface area contributed by atoms with E-state index in [9.17, 15) is 4.79 Å². The van der Waals surface area contributed by atoms with E-state index < -0.39 is 0 Å². The summed E-state index contributed by atoms with van der Waals surface area (Å²) in [6, 6.07) is 7.50. The predicted octanol–water partition coefficient (Wildman–Crippen LogP) is 2.88. The zero-order valence-corrected chi connectivity index (χ0v) is 10.0. The van der Waals surface area contributed by atoms with Gasteiger partial charge in [-0.15, -0.1) is 0 Å². The highest BCUT2D eigenvalue weighted by Crippen LogP contribution is 2.24. The van der Waals surface area contributed by atoms with Crippen LogP contribution in [0, 0.1) is 5.92 Å². The van der Waals surface area contributed by atoms with E-state index in [2.05, 4.69) is 0 Å². The van der Waals surface area contributed by atoms with Gasteiger partial charge in [0.1, 0.15) is 5.78 Å². The van der Waals surface area contributed by atoms with Gasteiger partial charge in [0, 0.05) is 24.0 Å². The second kappa shape index (κ2) is 4.98. The summed E-state index contributed by atoms with van der Waals surface area (Å²) < 4.78 is 5.40. The molecule has 1 aromatic rings. The maximum absolute atomic E-state index is 12.0. The molecule has 1 aliphatic rings. The molecular weight excluding hydrogens is 224 g/mol. The second-order valence-corrected chi connectivity index (χ2v) is 4.61. The lowest BCUT2D eigenvalue weighted by molar-refractivity contribution is -0.123. The predicted molar refractivity (Wildman–Crippen MR) is 63.7 cm³/mol. The summed E-state index contributed by atoms with van der Waals surface area (Å²) >= 11 is 6.03. The van der Waals surface area contributed by atoms with Gasteiger partial charge in [0.15, 0.2) is 0 Å². The second-order valence-electron chi connectivity index (χ2n) is 4.21. The Bertz CT molecular complexity index is 389. The van der Waals surface area contributed by atoms with Crippen molar-refractivity contribution in [2.75, 3.05) is 6.61 Å². The van der Waals surface area contributed by atoms with Gasteiger partial charge in [-0.1, -0.05) is 29.8 Å². The molecule has 0 N–H and O–H groups in total. The summed E-state index contributed by atoms with van der Waals surface area (Å²) in [6.07, 6.45) is 1.30. The molecule has 0 aliphatic carbocycles. The van der Waals surface area contributed by atoms with E-state index in [0.717, 1.165) is 12.0 Å². The average molecular weight is 239 g/mol. The number of ketones is 1. The fourth-order valence-corrected chi connectivity index (χ4v) is 2.32. The van der Waals surface area contributed by atoms with E-state index in [-0.39, 0.29) is 17.8 Å². The number of carbonyl (C=O) groups is 1. The van der Waals surface area contributed by atoms with Crippen molar-refractivity contribution < 1.29 is 9.53 Å². The molecular formula is C13H15ClO2. The van der Waals surface area contributed by atoms with Crippen LogP contribution in [0.5, 0.6) is 0 Å². The summed E-state index contributed by atoms with van der Waals surface area (Å²) in [5.41, 5.74) is 0.910. The van der Waals surface area contributed by atoms with E-state index in [1.54, 1.807) is 0 Å². The summed E-state index contributed by atoms with van der Waals surface area (Å²) in [6.45, 7) is 2.66. The first kappa shape index (κ1) is 11.6. The third-order valence-corrected chi connectivity index (χ3v) is 3.48. The molecule has 2 rings (SSSR count). The molecule has 0 radical (unpaired) electrons. The number of ether oxygens (including phenoxy) is 1.